The average Bonchev–Trinajstić information content (AvgIpc) is 3.76. The highest BCUT2D eigenvalue weighted by Gasteiger charge is 2.29. The van der Waals surface area contributed by atoms with Crippen LogP contribution in [0.25, 0.3) is 5.69 Å². The molecule has 12 heteroatoms. The van der Waals surface area contributed by atoms with Crippen LogP contribution < -0.4 is 24.4 Å². The summed E-state index contributed by atoms with van der Waals surface area (Å²) in [6.45, 7) is 2.78. The molecule has 4 aromatic rings. The fourth-order valence-corrected chi connectivity index (χ4v) is 5.55. The molecule has 43 heavy (non-hydrogen) atoms. The van der Waals surface area contributed by atoms with E-state index in [4.69, 9.17) is 29.4 Å². The minimum absolute atomic E-state index is 0.0676. The first-order chi connectivity index (χ1) is 21.0. The topological polar surface area (TPSA) is 131 Å². The molecule has 0 spiro atoms. The number of amides is 1. The second-order valence-corrected chi connectivity index (χ2v) is 10.3. The van der Waals surface area contributed by atoms with Gasteiger partial charge >= 0.3 is 0 Å². The third-order valence-corrected chi connectivity index (χ3v) is 7.76. The minimum Gasteiger partial charge on any atom is -0.493 e. The number of rotatable bonds is 8. The van der Waals surface area contributed by atoms with Crippen molar-refractivity contribution in [2.75, 3.05) is 51.2 Å². The van der Waals surface area contributed by atoms with Gasteiger partial charge in [-0.1, -0.05) is 0 Å². The van der Waals surface area contributed by atoms with Crippen LogP contribution in [0.15, 0.2) is 48.9 Å². The Morgan fingerprint density at radius 1 is 0.977 bits per heavy atom. The van der Waals surface area contributed by atoms with Crippen LogP contribution in [0.3, 0.4) is 0 Å². The van der Waals surface area contributed by atoms with Crippen LogP contribution in [0.1, 0.15) is 40.0 Å². The quantitative estimate of drug-likeness (QED) is 0.325. The van der Waals surface area contributed by atoms with E-state index in [1.165, 1.54) is 0 Å². The number of hydrogen-bond acceptors (Lipinski definition) is 10. The molecule has 6 rings (SSSR count). The first kappa shape index (κ1) is 27.8. The lowest BCUT2D eigenvalue weighted by Crippen LogP contribution is -2.38. The summed E-state index contributed by atoms with van der Waals surface area (Å²) in [6.07, 6.45) is 6.32. The Morgan fingerprint density at radius 3 is 2.35 bits per heavy atom. The Kier molecular flexibility index (Phi) is 7.70. The average molecular weight is 581 g/mol. The predicted molar refractivity (Wildman–Crippen MR) is 160 cm³/mol. The van der Waals surface area contributed by atoms with Crippen LogP contribution >= 0.6 is 0 Å². The first-order valence-corrected chi connectivity index (χ1v) is 14.1. The molecule has 0 unspecified atom stereocenters. The van der Waals surface area contributed by atoms with Crippen molar-refractivity contribution >= 4 is 23.5 Å². The highest BCUT2D eigenvalue weighted by Crippen LogP contribution is 2.39. The van der Waals surface area contributed by atoms with E-state index < -0.39 is 0 Å². The van der Waals surface area contributed by atoms with Gasteiger partial charge in [0.1, 0.15) is 12.1 Å². The van der Waals surface area contributed by atoms with E-state index in [2.05, 4.69) is 21.3 Å². The molecular formula is C31H32N8O4. The Morgan fingerprint density at radius 2 is 1.70 bits per heavy atom. The fraction of sp³-hybridized carbons (Fsp3) is 0.323. The summed E-state index contributed by atoms with van der Waals surface area (Å²) in [4.78, 5) is 31.8. The van der Waals surface area contributed by atoms with Crippen LogP contribution in [-0.2, 0) is 13.0 Å². The largest absolute Gasteiger partial charge is 0.493 e. The number of benzene rings is 2. The van der Waals surface area contributed by atoms with Crippen LogP contribution in [0.5, 0.6) is 17.2 Å². The Bertz CT molecular complexity index is 1660. The van der Waals surface area contributed by atoms with Gasteiger partial charge in [0.05, 0.1) is 57.1 Å². The molecule has 0 bridgehead atoms. The van der Waals surface area contributed by atoms with Crippen molar-refractivity contribution in [2.45, 2.75) is 25.8 Å². The van der Waals surface area contributed by atoms with Gasteiger partial charge in [0.2, 0.25) is 11.7 Å². The minimum atomic E-state index is -0.0676. The number of nitriles is 1. The number of imidazole rings is 1. The molecule has 2 aromatic carbocycles. The van der Waals surface area contributed by atoms with E-state index in [1.54, 1.807) is 51.9 Å². The molecule has 4 heterocycles. The highest BCUT2D eigenvalue weighted by atomic mass is 16.5. The number of ether oxygens (including phenoxy) is 3. The number of carbonyl (C=O) groups excluding carboxylic acids is 1. The number of carbonyl (C=O) groups is 1. The molecule has 1 fully saturated rings. The van der Waals surface area contributed by atoms with Crippen molar-refractivity contribution in [3.63, 3.8) is 0 Å². The highest BCUT2D eigenvalue weighted by molar-refractivity contribution is 5.94. The molecule has 0 atom stereocenters. The molecule has 1 saturated heterocycles. The number of fused-ring (bicyclic) bond motifs is 1. The molecule has 0 saturated carbocycles. The van der Waals surface area contributed by atoms with E-state index in [0.717, 1.165) is 48.7 Å². The van der Waals surface area contributed by atoms with Gasteiger partial charge < -0.3 is 33.9 Å². The van der Waals surface area contributed by atoms with Gasteiger partial charge in [0, 0.05) is 49.3 Å². The summed E-state index contributed by atoms with van der Waals surface area (Å²) in [5.74, 6) is 3.42. The van der Waals surface area contributed by atoms with Crippen LogP contribution in [0, 0.1) is 11.3 Å². The molecule has 0 radical (unpaired) electrons. The van der Waals surface area contributed by atoms with Crippen molar-refractivity contribution in [1.29, 1.82) is 5.26 Å². The molecule has 12 nitrogen and oxygen atoms in total. The molecular weight excluding hydrogens is 548 g/mol. The maximum Gasteiger partial charge on any atom is 0.254 e. The summed E-state index contributed by atoms with van der Waals surface area (Å²) in [7, 11) is 4.73. The smallest absolute Gasteiger partial charge is 0.254 e. The number of aromatic nitrogens is 4. The van der Waals surface area contributed by atoms with Crippen LogP contribution in [-0.4, -0.2) is 71.3 Å². The molecule has 1 amide bonds. The molecule has 2 aromatic heterocycles. The summed E-state index contributed by atoms with van der Waals surface area (Å²) >= 11 is 0. The molecule has 0 aliphatic carbocycles. The standard InChI is InChI=1S/C31H32N8O4/c1-41-25-14-22(15-26(42-2)28(25)43-3)39-18-27(33-19-39)35-31-34-24-10-13-38(30(40)21-8-6-20(16-32)7-9-21)17-23(24)29(36-31)37-11-4-5-12-37/h6-9,14-15,18-19H,4-5,10-13,17H2,1-3H3,(H,34,35,36). The zero-order valence-corrected chi connectivity index (χ0v) is 24.3. The third kappa shape index (κ3) is 5.49. The maximum atomic E-state index is 13.3. The molecule has 220 valence electrons. The second kappa shape index (κ2) is 11.9. The lowest BCUT2D eigenvalue weighted by atomic mass is 10.0. The normalized spacial score (nSPS) is 14.2. The number of nitrogens with one attached hydrogen (secondary N) is 1. The van der Waals surface area contributed by atoms with Crippen LogP contribution in [0.4, 0.5) is 17.6 Å². The number of anilines is 3. The lowest BCUT2D eigenvalue weighted by molar-refractivity contribution is 0.0733. The van der Waals surface area contributed by atoms with E-state index in [0.29, 0.717) is 59.7 Å². The van der Waals surface area contributed by atoms with Gasteiger partial charge in [-0.25, -0.2) is 9.97 Å². The number of nitrogens with zero attached hydrogens (tertiary/aromatic N) is 7. The van der Waals surface area contributed by atoms with E-state index in [9.17, 15) is 4.79 Å². The fourth-order valence-electron chi connectivity index (χ4n) is 5.55. The summed E-state index contributed by atoms with van der Waals surface area (Å²) in [5.41, 5.74) is 3.77. The van der Waals surface area contributed by atoms with Crippen molar-refractivity contribution in [2.24, 2.45) is 0 Å². The zero-order valence-electron chi connectivity index (χ0n) is 24.3. The Labute approximate surface area is 249 Å². The van der Waals surface area contributed by atoms with Crippen molar-refractivity contribution < 1.29 is 19.0 Å². The zero-order chi connectivity index (χ0) is 29.9. The summed E-state index contributed by atoms with van der Waals surface area (Å²) < 4.78 is 18.3. The SMILES string of the molecule is COc1cc(-n2cnc(Nc3nc4c(c(N5CCCC5)n3)CN(C(=O)c3ccc(C#N)cc3)CC4)c2)cc(OC)c1OC. The van der Waals surface area contributed by atoms with Gasteiger partial charge in [0.25, 0.3) is 5.91 Å². The predicted octanol–water partition coefficient (Wildman–Crippen LogP) is 4.10. The Balaban J connectivity index is 1.27. The lowest BCUT2D eigenvalue weighted by Gasteiger charge is -2.32. The molecule has 2 aliphatic rings. The Hall–Kier alpha value is -5.31. The summed E-state index contributed by atoms with van der Waals surface area (Å²) in [6, 6.07) is 12.5. The van der Waals surface area contributed by atoms with E-state index in [-0.39, 0.29) is 5.91 Å². The third-order valence-electron chi connectivity index (χ3n) is 7.76. The molecule has 2 aliphatic heterocycles. The van der Waals surface area contributed by atoms with E-state index in [1.807, 2.05) is 27.8 Å². The second-order valence-electron chi connectivity index (χ2n) is 10.3. The number of methoxy groups -OCH3 is 3. The number of hydrogen-bond donors (Lipinski definition) is 1. The van der Waals surface area contributed by atoms with Crippen molar-refractivity contribution in [3.05, 3.63) is 71.3 Å². The summed E-state index contributed by atoms with van der Waals surface area (Å²) in [5, 5.41) is 12.4. The van der Waals surface area contributed by atoms with Gasteiger partial charge in [-0.3, -0.25) is 4.79 Å². The van der Waals surface area contributed by atoms with Crippen molar-refractivity contribution in [3.8, 4) is 29.0 Å². The van der Waals surface area contributed by atoms with Crippen molar-refractivity contribution in [1.82, 2.24) is 24.4 Å². The maximum absolute atomic E-state index is 13.3. The monoisotopic (exact) mass is 580 g/mol. The van der Waals surface area contributed by atoms with Gasteiger partial charge in [-0.2, -0.15) is 10.2 Å². The van der Waals surface area contributed by atoms with Gasteiger partial charge in [-0.05, 0) is 37.1 Å². The van der Waals surface area contributed by atoms with E-state index >= 15 is 0 Å². The van der Waals surface area contributed by atoms with Crippen LogP contribution in [0.2, 0.25) is 0 Å². The van der Waals surface area contributed by atoms with Gasteiger partial charge in [-0.15, -0.1) is 0 Å². The first-order valence-electron chi connectivity index (χ1n) is 14.1. The van der Waals surface area contributed by atoms with Gasteiger partial charge in [0.15, 0.2) is 17.3 Å². The molecule has 1 N–H and O–H groups in total.